The molecule has 1 aromatic rings. The highest BCUT2D eigenvalue weighted by atomic mass is 16.5. The molecule has 1 saturated heterocycles. The second-order valence-corrected chi connectivity index (χ2v) is 4.99. The van der Waals surface area contributed by atoms with E-state index >= 15 is 0 Å². The molecule has 1 aliphatic heterocycles. The lowest BCUT2D eigenvalue weighted by Crippen LogP contribution is -2.50. The lowest BCUT2D eigenvalue weighted by atomic mass is 10.2. The number of methoxy groups -OCH3 is 1. The predicted octanol–water partition coefficient (Wildman–Crippen LogP) is 1.20. The zero-order valence-corrected chi connectivity index (χ0v) is 12.3. The molecule has 1 amide bonds. The van der Waals surface area contributed by atoms with Crippen molar-refractivity contribution in [3.63, 3.8) is 0 Å². The van der Waals surface area contributed by atoms with E-state index in [1.807, 2.05) is 30.0 Å². The first-order valence-corrected chi connectivity index (χ1v) is 6.92. The number of hydrogen-bond acceptors (Lipinski definition) is 4. The summed E-state index contributed by atoms with van der Waals surface area (Å²) in [7, 11) is 1.60. The third kappa shape index (κ3) is 3.42. The first-order valence-electron chi connectivity index (χ1n) is 6.92. The summed E-state index contributed by atoms with van der Waals surface area (Å²) in [6, 6.07) is 5.69. The molecular weight excluding hydrogens is 256 g/mol. The summed E-state index contributed by atoms with van der Waals surface area (Å²) in [5.74, 6) is 1.29. The second kappa shape index (κ2) is 6.61. The van der Waals surface area contributed by atoms with E-state index in [0.29, 0.717) is 11.5 Å². The molecule has 5 heteroatoms. The van der Waals surface area contributed by atoms with Crippen LogP contribution in [0.15, 0.2) is 18.2 Å². The summed E-state index contributed by atoms with van der Waals surface area (Å²) in [6.07, 6.45) is -0.510. The molecule has 1 fully saturated rings. The zero-order chi connectivity index (χ0) is 14.5. The maximum Gasteiger partial charge on any atom is 0.263 e. The van der Waals surface area contributed by atoms with Crippen molar-refractivity contribution in [2.75, 3.05) is 33.3 Å². The largest absolute Gasteiger partial charge is 0.493 e. The molecule has 2 rings (SSSR count). The Bertz CT molecular complexity index is 470. The number of aryl methyl sites for hydroxylation is 1. The van der Waals surface area contributed by atoms with Crippen molar-refractivity contribution >= 4 is 5.91 Å². The molecule has 0 bridgehead atoms. The molecule has 1 aliphatic rings. The quantitative estimate of drug-likeness (QED) is 0.899. The van der Waals surface area contributed by atoms with E-state index in [9.17, 15) is 4.79 Å². The number of ether oxygens (including phenoxy) is 2. The third-order valence-electron chi connectivity index (χ3n) is 3.40. The van der Waals surface area contributed by atoms with Gasteiger partial charge < -0.3 is 19.7 Å². The predicted molar refractivity (Wildman–Crippen MR) is 77.3 cm³/mol. The van der Waals surface area contributed by atoms with Gasteiger partial charge in [0.05, 0.1) is 7.11 Å². The highest BCUT2D eigenvalue weighted by molar-refractivity contribution is 5.81. The fraction of sp³-hybridized carbons (Fsp3) is 0.533. The number of nitrogens with one attached hydrogen (secondary N) is 1. The summed E-state index contributed by atoms with van der Waals surface area (Å²) >= 11 is 0. The molecule has 1 unspecified atom stereocenters. The maximum atomic E-state index is 12.3. The molecule has 5 nitrogen and oxygen atoms in total. The normalized spacial score (nSPS) is 16.6. The fourth-order valence-electron chi connectivity index (χ4n) is 2.26. The van der Waals surface area contributed by atoms with E-state index in [-0.39, 0.29) is 5.91 Å². The Morgan fingerprint density at radius 2 is 2.00 bits per heavy atom. The monoisotopic (exact) mass is 278 g/mol. The molecule has 0 aliphatic carbocycles. The van der Waals surface area contributed by atoms with Crippen LogP contribution in [0.3, 0.4) is 0 Å². The Hall–Kier alpha value is -1.75. The Balaban J connectivity index is 2.03. The van der Waals surface area contributed by atoms with Gasteiger partial charge in [0, 0.05) is 26.2 Å². The topological polar surface area (TPSA) is 50.8 Å². The van der Waals surface area contributed by atoms with E-state index < -0.39 is 6.10 Å². The summed E-state index contributed by atoms with van der Waals surface area (Å²) in [6.45, 7) is 6.92. The maximum absolute atomic E-state index is 12.3. The van der Waals surface area contributed by atoms with Gasteiger partial charge in [-0.1, -0.05) is 6.07 Å². The number of amides is 1. The SMILES string of the molecule is COc1cc(C)ccc1OC(C)C(=O)N1CCNCC1. The minimum Gasteiger partial charge on any atom is -0.493 e. The lowest BCUT2D eigenvalue weighted by molar-refractivity contribution is -0.138. The molecular formula is C15H22N2O3. The van der Waals surface area contributed by atoms with Crippen LogP contribution in [0.2, 0.25) is 0 Å². The number of carbonyl (C=O) groups excluding carboxylic acids is 1. The zero-order valence-electron chi connectivity index (χ0n) is 12.3. The van der Waals surface area contributed by atoms with Crippen LogP contribution in [0, 0.1) is 6.92 Å². The average Bonchev–Trinajstić information content (AvgIpc) is 2.49. The number of carbonyl (C=O) groups is 1. The highest BCUT2D eigenvalue weighted by Gasteiger charge is 2.24. The molecule has 110 valence electrons. The molecule has 0 saturated carbocycles. The number of hydrogen-bond donors (Lipinski definition) is 1. The minimum absolute atomic E-state index is 0.0223. The molecule has 1 heterocycles. The molecule has 0 spiro atoms. The van der Waals surface area contributed by atoms with Crippen LogP contribution in [0.5, 0.6) is 11.5 Å². The van der Waals surface area contributed by atoms with E-state index in [0.717, 1.165) is 31.7 Å². The van der Waals surface area contributed by atoms with E-state index in [1.165, 1.54) is 0 Å². The minimum atomic E-state index is -0.510. The molecule has 1 N–H and O–H groups in total. The molecule has 0 aromatic heterocycles. The van der Waals surface area contributed by atoms with E-state index in [2.05, 4.69) is 5.32 Å². The Kier molecular flexibility index (Phi) is 4.84. The second-order valence-electron chi connectivity index (χ2n) is 4.99. The summed E-state index contributed by atoms with van der Waals surface area (Å²) in [5, 5.41) is 3.23. The molecule has 0 radical (unpaired) electrons. The van der Waals surface area contributed by atoms with Gasteiger partial charge in [-0.2, -0.15) is 0 Å². The van der Waals surface area contributed by atoms with Crippen molar-refractivity contribution in [3.8, 4) is 11.5 Å². The number of benzene rings is 1. The summed E-state index contributed by atoms with van der Waals surface area (Å²) in [5.41, 5.74) is 1.09. The first-order chi connectivity index (χ1) is 9.61. The smallest absolute Gasteiger partial charge is 0.263 e. The van der Waals surface area contributed by atoms with Crippen molar-refractivity contribution in [1.82, 2.24) is 10.2 Å². The van der Waals surface area contributed by atoms with E-state index in [4.69, 9.17) is 9.47 Å². The van der Waals surface area contributed by atoms with Crippen LogP contribution in [-0.4, -0.2) is 50.2 Å². The van der Waals surface area contributed by atoms with Gasteiger partial charge in [0.25, 0.3) is 5.91 Å². The van der Waals surface area contributed by atoms with Gasteiger partial charge in [0.2, 0.25) is 0 Å². The van der Waals surface area contributed by atoms with Gasteiger partial charge in [-0.15, -0.1) is 0 Å². The van der Waals surface area contributed by atoms with Crippen LogP contribution in [0.25, 0.3) is 0 Å². The van der Waals surface area contributed by atoms with Crippen LogP contribution in [-0.2, 0) is 4.79 Å². The molecule has 20 heavy (non-hydrogen) atoms. The van der Waals surface area contributed by atoms with Crippen molar-refractivity contribution in [2.24, 2.45) is 0 Å². The van der Waals surface area contributed by atoms with Crippen molar-refractivity contribution < 1.29 is 14.3 Å². The van der Waals surface area contributed by atoms with Crippen LogP contribution < -0.4 is 14.8 Å². The number of nitrogens with zero attached hydrogens (tertiary/aromatic N) is 1. The highest BCUT2D eigenvalue weighted by Crippen LogP contribution is 2.28. The van der Waals surface area contributed by atoms with Gasteiger partial charge in [-0.3, -0.25) is 4.79 Å². The summed E-state index contributed by atoms with van der Waals surface area (Å²) < 4.78 is 11.1. The number of rotatable bonds is 4. The van der Waals surface area contributed by atoms with Crippen molar-refractivity contribution in [1.29, 1.82) is 0 Å². The van der Waals surface area contributed by atoms with Crippen molar-refractivity contribution in [3.05, 3.63) is 23.8 Å². The Morgan fingerprint density at radius 3 is 2.65 bits per heavy atom. The average molecular weight is 278 g/mol. The van der Waals surface area contributed by atoms with Crippen LogP contribution in [0.4, 0.5) is 0 Å². The van der Waals surface area contributed by atoms with Gasteiger partial charge >= 0.3 is 0 Å². The molecule has 1 atom stereocenters. The van der Waals surface area contributed by atoms with Crippen LogP contribution in [0.1, 0.15) is 12.5 Å². The molecule has 1 aromatic carbocycles. The standard InChI is InChI=1S/C15H22N2O3/c1-11-4-5-13(14(10-11)19-3)20-12(2)15(18)17-8-6-16-7-9-17/h4-5,10,12,16H,6-9H2,1-3H3. The van der Waals surface area contributed by atoms with Gasteiger partial charge in [-0.05, 0) is 31.5 Å². The Morgan fingerprint density at radius 1 is 1.30 bits per heavy atom. The first kappa shape index (κ1) is 14.7. The lowest BCUT2D eigenvalue weighted by Gasteiger charge is -2.30. The fourth-order valence-corrected chi connectivity index (χ4v) is 2.26. The Labute approximate surface area is 119 Å². The van der Waals surface area contributed by atoms with E-state index in [1.54, 1.807) is 14.0 Å². The summed E-state index contributed by atoms with van der Waals surface area (Å²) in [4.78, 5) is 14.1. The number of piperazine rings is 1. The third-order valence-corrected chi connectivity index (χ3v) is 3.40. The van der Waals surface area contributed by atoms with Gasteiger partial charge in [0.1, 0.15) is 0 Å². The van der Waals surface area contributed by atoms with Gasteiger partial charge in [0.15, 0.2) is 17.6 Å². The van der Waals surface area contributed by atoms with Crippen LogP contribution >= 0.6 is 0 Å². The van der Waals surface area contributed by atoms with Gasteiger partial charge in [-0.25, -0.2) is 0 Å². The van der Waals surface area contributed by atoms with Crippen molar-refractivity contribution in [2.45, 2.75) is 20.0 Å².